The Kier molecular flexibility index (Phi) is 4.81. The number of aromatic nitrogens is 2. The van der Waals surface area contributed by atoms with Gasteiger partial charge in [0.1, 0.15) is 0 Å². The molecule has 0 fully saturated rings. The molecule has 25 heavy (non-hydrogen) atoms. The molecule has 1 N–H and O–H groups in total. The van der Waals surface area contributed by atoms with Crippen molar-refractivity contribution in [1.29, 1.82) is 0 Å². The molecule has 0 unspecified atom stereocenters. The van der Waals surface area contributed by atoms with Gasteiger partial charge in [-0.2, -0.15) is 5.10 Å². The Morgan fingerprint density at radius 2 is 2.00 bits per heavy atom. The zero-order valence-corrected chi connectivity index (χ0v) is 15.2. The lowest BCUT2D eigenvalue weighted by Crippen LogP contribution is -2.18. The number of hydrogen-bond acceptors (Lipinski definition) is 4. The van der Waals surface area contributed by atoms with Crippen LogP contribution in [0.2, 0.25) is 0 Å². The van der Waals surface area contributed by atoms with Crippen molar-refractivity contribution in [3.05, 3.63) is 71.0 Å². The van der Waals surface area contributed by atoms with Crippen molar-refractivity contribution < 1.29 is 4.79 Å². The van der Waals surface area contributed by atoms with Crippen LogP contribution in [0.1, 0.15) is 42.4 Å². The van der Waals surface area contributed by atoms with Crippen LogP contribution in [0.3, 0.4) is 0 Å². The first-order chi connectivity index (χ1) is 11.9. The number of hydrogen-bond donors (Lipinski definition) is 1. The fourth-order valence-corrected chi connectivity index (χ4v) is 3.00. The van der Waals surface area contributed by atoms with Crippen LogP contribution in [-0.2, 0) is 5.41 Å². The topological polar surface area (TPSA) is 59.3 Å². The fraction of sp³-hybridized carbons (Fsp3) is 0.211. The van der Waals surface area contributed by atoms with Gasteiger partial charge in [-0.15, -0.1) is 11.3 Å². The fourth-order valence-electron chi connectivity index (χ4n) is 2.35. The lowest BCUT2D eigenvalue weighted by atomic mass is 9.87. The lowest BCUT2D eigenvalue weighted by Gasteiger charge is -2.18. The third-order valence-electron chi connectivity index (χ3n) is 3.78. The molecule has 6 heteroatoms. The molecule has 0 saturated carbocycles. The van der Waals surface area contributed by atoms with Crippen molar-refractivity contribution in [2.24, 2.45) is 5.10 Å². The number of thiazole rings is 1. The maximum Gasteiger partial charge on any atom is 0.271 e. The van der Waals surface area contributed by atoms with Crippen LogP contribution in [0.5, 0.6) is 0 Å². The van der Waals surface area contributed by atoms with Gasteiger partial charge in [-0.05, 0) is 35.2 Å². The number of benzene rings is 1. The maximum absolute atomic E-state index is 12.2. The number of rotatable bonds is 4. The van der Waals surface area contributed by atoms with Gasteiger partial charge in [-0.1, -0.05) is 32.9 Å². The SMILES string of the molecule is CC(C)(C)c1ccc(C(=O)N/N=C/c2cccn2-c2nccs2)cc1. The normalized spacial score (nSPS) is 11.8. The van der Waals surface area contributed by atoms with Crippen molar-refractivity contribution in [3.8, 4) is 5.13 Å². The van der Waals surface area contributed by atoms with Crippen molar-refractivity contribution in [1.82, 2.24) is 15.0 Å². The zero-order valence-electron chi connectivity index (χ0n) is 14.4. The number of carbonyl (C=O) groups excluding carboxylic acids is 1. The predicted molar refractivity (Wildman–Crippen MR) is 102 cm³/mol. The standard InChI is InChI=1S/C19H20N4OS/c1-19(2,3)15-8-6-14(7-9-15)17(24)22-21-13-16-5-4-11-23(16)18-20-10-12-25-18/h4-13H,1-3H3,(H,22,24)/b21-13+. The Labute approximate surface area is 151 Å². The highest BCUT2D eigenvalue weighted by Gasteiger charge is 2.14. The second-order valence-electron chi connectivity index (χ2n) is 6.64. The second-order valence-corrected chi connectivity index (χ2v) is 7.52. The van der Waals surface area contributed by atoms with Crippen LogP contribution in [0.4, 0.5) is 0 Å². The molecule has 0 radical (unpaired) electrons. The number of carbonyl (C=O) groups is 1. The smallest absolute Gasteiger partial charge is 0.271 e. The Balaban J connectivity index is 1.67. The number of amides is 1. The molecule has 0 bridgehead atoms. The van der Waals surface area contributed by atoms with Crippen LogP contribution >= 0.6 is 11.3 Å². The van der Waals surface area contributed by atoms with E-state index in [4.69, 9.17) is 0 Å². The first-order valence-electron chi connectivity index (χ1n) is 7.96. The molecular weight excluding hydrogens is 332 g/mol. The molecule has 0 aliphatic carbocycles. The van der Waals surface area contributed by atoms with Crippen molar-refractivity contribution in [2.45, 2.75) is 26.2 Å². The molecule has 0 spiro atoms. The molecular formula is C19H20N4OS. The molecule has 0 atom stereocenters. The highest BCUT2D eigenvalue weighted by atomic mass is 32.1. The van der Waals surface area contributed by atoms with Gasteiger partial charge in [-0.3, -0.25) is 9.36 Å². The van der Waals surface area contributed by atoms with Gasteiger partial charge >= 0.3 is 0 Å². The summed E-state index contributed by atoms with van der Waals surface area (Å²) >= 11 is 1.54. The Morgan fingerprint density at radius 3 is 2.64 bits per heavy atom. The molecule has 1 amide bonds. The van der Waals surface area contributed by atoms with Crippen molar-refractivity contribution >= 4 is 23.5 Å². The second kappa shape index (κ2) is 7.03. The minimum atomic E-state index is -0.232. The molecule has 0 aliphatic rings. The molecule has 5 nitrogen and oxygen atoms in total. The Hall–Kier alpha value is -2.73. The van der Waals surface area contributed by atoms with Crippen LogP contribution in [0, 0.1) is 0 Å². The molecule has 1 aromatic carbocycles. The number of nitrogens with zero attached hydrogens (tertiary/aromatic N) is 3. The van der Waals surface area contributed by atoms with Crippen LogP contribution < -0.4 is 5.43 Å². The third-order valence-corrected chi connectivity index (χ3v) is 4.55. The molecule has 0 saturated heterocycles. The molecule has 2 heterocycles. The first kappa shape index (κ1) is 17.1. The summed E-state index contributed by atoms with van der Waals surface area (Å²) in [5, 5.41) is 6.84. The van der Waals surface area contributed by atoms with Gasteiger partial charge in [0, 0.05) is 23.3 Å². The van der Waals surface area contributed by atoms with Crippen LogP contribution in [0.15, 0.2) is 59.3 Å². The van der Waals surface area contributed by atoms with Crippen molar-refractivity contribution in [2.75, 3.05) is 0 Å². The van der Waals surface area contributed by atoms with E-state index in [-0.39, 0.29) is 11.3 Å². The predicted octanol–water partition coefficient (Wildman–Crippen LogP) is 4.00. The highest BCUT2D eigenvalue weighted by Crippen LogP contribution is 2.22. The van der Waals surface area contributed by atoms with Gasteiger partial charge in [0.05, 0.1) is 11.9 Å². The monoisotopic (exact) mass is 352 g/mol. The highest BCUT2D eigenvalue weighted by molar-refractivity contribution is 7.12. The molecule has 3 aromatic rings. The summed E-state index contributed by atoms with van der Waals surface area (Å²) in [4.78, 5) is 16.5. The van der Waals surface area contributed by atoms with Gasteiger partial charge in [0.25, 0.3) is 5.91 Å². The minimum absolute atomic E-state index is 0.0639. The minimum Gasteiger partial charge on any atom is -0.292 e. The third kappa shape index (κ3) is 4.03. The number of nitrogens with one attached hydrogen (secondary N) is 1. The van der Waals surface area contributed by atoms with E-state index in [0.29, 0.717) is 5.56 Å². The van der Waals surface area contributed by atoms with Gasteiger partial charge in [-0.25, -0.2) is 10.4 Å². The summed E-state index contributed by atoms with van der Waals surface area (Å²) in [6.45, 7) is 6.43. The largest absolute Gasteiger partial charge is 0.292 e. The molecule has 3 rings (SSSR count). The van der Waals surface area contributed by atoms with Gasteiger partial charge in [0.15, 0.2) is 5.13 Å². The summed E-state index contributed by atoms with van der Waals surface area (Å²) in [6.07, 6.45) is 5.28. The van der Waals surface area contributed by atoms with Crippen LogP contribution in [0.25, 0.3) is 5.13 Å². The van der Waals surface area contributed by atoms with Gasteiger partial charge in [0.2, 0.25) is 0 Å². The van der Waals surface area contributed by atoms with E-state index in [9.17, 15) is 4.79 Å². The van der Waals surface area contributed by atoms with E-state index in [1.807, 2.05) is 52.5 Å². The molecule has 0 aliphatic heterocycles. The van der Waals surface area contributed by atoms with E-state index in [2.05, 4.69) is 36.3 Å². The average molecular weight is 352 g/mol. The Bertz CT molecular complexity index is 871. The average Bonchev–Trinajstić information content (AvgIpc) is 3.25. The van der Waals surface area contributed by atoms with E-state index in [0.717, 1.165) is 10.8 Å². The summed E-state index contributed by atoms with van der Waals surface area (Å²) in [5.41, 5.74) is 5.25. The quantitative estimate of drug-likeness (QED) is 0.570. The summed E-state index contributed by atoms with van der Waals surface area (Å²) in [7, 11) is 0. The molecule has 128 valence electrons. The van der Waals surface area contributed by atoms with Crippen molar-refractivity contribution in [3.63, 3.8) is 0 Å². The summed E-state index contributed by atoms with van der Waals surface area (Å²) < 4.78 is 1.92. The number of hydrazone groups is 1. The maximum atomic E-state index is 12.2. The van der Waals surface area contributed by atoms with E-state index < -0.39 is 0 Å². The molecule has 2 aromatic heterocycles. The summed E-state index contributed by atoms with van der Waals surface area (Å²) in [6, 6.07) is 11.4. The lowest BCUT2D eigenvalue weighted by molar-refractivity contribution is 0.0955. The Morgan fingerprint density at radius 1 is 1.24 bits per heavy atom. The van der Waals surface area contributed by atoms with E-state index in [1.165, 1.54) is 16.9 Å². The summed E-state index contributed by atoms with van der Waals surface area (Å²) in [5.74, 6) is -0.232. The zero-order chi connectivity index (χ0) is 17.9. The van der Waals surface area contributed by atoms with Gasteiger partial charge < -0.3 is 0 Å². The first-order valence-corrected chi connectivity index (χ1v) is 8.84. The van der Waals surface area contributed by atoms with E-state index >= 15 is 0 Å². The van der Waals surface area contributed by atoms with E-state index in [1.54, 1.807) is 12.4 Å². The van der Waals surface area contributed by atoms with Crippen LogP contribution in [-0.4, -0.2) is 21.7 Å².